The Balaban J connectivity index is 2.87. The van der Waals surface area contributed by atoms with Crippen LogP contribution in [0.3, 0.4) is 0 Å². The Labute approximate surface area is 154 Å². The number of rotatable bonds is 5. The van der Waals surface area contributed by atoms with Gasteiger partial charge in [0.1, 0.15) is 0 Å². The van der Waals surface area contributed by atoms with Gasteiger partial charge in [-0.3, -0.25) is 0 Å². The zero-order valence-corrected chi connectivity index (χ0v) is 16.4. The lowest BCUT2D eigenvalue weighted by Gasteiger charge is -2.17. The van der Waals surface area contributed by atoms with Gasteiger partial charge in [0.05, 0.1) is 5.56 Å². The first kappa shape index (κ1) is 19.1. The molecular formula is C13H13Cl2F3I2. The van der Waals surface area contributed by atoms with Crippen LogP contribution in [-0.2, 0) is 12.6 Å². The van der Waals surface area contributed by atoms with E-state index >= 15 is 0 Å². The largest absolute Gasteiger partial charge is 0.416 e. The Kier molecular flexibility index (Phi) is 7.69. The van der Waals surface area contributed by atoms with Crippen molar-refractivity contribution in [1.82, 2.24) is 0 Å². The summed E-state index contributed by atoms with van der Waals surface area (Å²) >= 11 is 16.6. The van der Waals surface area contributed by atoms with E-state index in [1.807, 2.05) is 0 Å². The maximum atomic E-state index is 12.6. The summed E-state index contributed by atoms with van der Waals surface area (Å²) < 4.78 is 39.4. The highest BCUT2D eigenvalue weighted by Gasteiger charge is 2.32. The van der Waals surface area contributed by atoms with Crippen molar-refractivity contribution in [3.8, 4) is 0 Å². The highest BCUT2D eigenvalue weighted by atomic mass is 127. The zero-order valence-electron chi connectivity index (χ0n) is 10.6. The highest BCUT2D eigenvalue weighted by molar-refractivity contribution is 14.1. The zero-order chi connectivity index (χ0) is 15.5. The molecule has 7 heteroatoms. The summed E-state index contributed by atoms with van der Waals surface area (Å²) in [7, 11) is 0. The van der Waals surface area contributed by atoms with Gasteiger partial charge in [-0.15, -0.1) is 0 Å². The molecule has 0 spiro atoms. The minimum atomic E-state index is -4.42. The second kappa shape index (κ2) is 8.06. The molecule has 1 aromatic rings. The van der Waals surface area contributed by atoms with E-state index in [0.717, 1.165) is 23.0 Å². The van der Waals surface area contributed by atoms with Crippen molar-refractivity contribution in [2.45, 2.75) is 29.9 Å². The van der Waals surface area contributed by atoms with Crippen LogP contribution in [0.15, 0.2) is 12.1 Å². The van der Waals surface area contributed by atoms with Gasteiger partial charge in [0.2, 0.25) is 0 Å². The molecule has 0 aliphatic rings. The third-order valence-electron chi connectivity index (χ3n) is 3.00. The summed E-state index contributed by atoms with van der Waals surface area (Å²) in [6, 6.07) is 1.90. The van der Waals surface area contributed by atoms with Crippen LogP contribution in [0.25, 0.3) is 0 Å². The molecule has 1 rings (SSSR count). The van der Waals surface area contributed by atoms with Gasteiger partial charge in [-0.2, -0.15) is 13.2 Å². The average Bonchev–Trinajstić information content (AvgIpc) is 2.35. The molecule has 114 valence electrons. The van der Waals surface area contributed by atoms with Crippen LogP contribution in [0.4, 0.5) is 13.2 Å². The summed E-state index contributed by atoms with van der Waals surface area (Å²) in [4.78, 5) is 0. The van der Waals surface area contributed by atoms with Crippen molar-refractivity contribution in [1.29, 1.82) is 0 Å². The smallest absolute Gasteiger partial charge is 0.166 e. The number of halogens is 7. The van der Waals surface area contributed by atoms with Crippen LogP contribution in [0.5, 0.6) is 0 Å². The molecule has 0 nitrogen and oxygen atoms in total. The van der Waals surface area contributed by atoms with Crippen LogP contribution < -0.4 is 0 Å². The fourth-order valence-corrected chi connectivity index (χ4v) is 4.50. The average molecular weight is 551 g/mol. The van der Waals surface area contributed by atoms with E-state index in [0.29, 0.717) is 21.8 Å². The van der Waals surface area contributed by atoms with E-state index in [-0.39, 0.29) is 10.0 Å². The third kappa shape index (κ3) is 5.35. The molecule has 0 N–H and O–H groups in total. The highest BCUT2D eigenvalue weighted by Crippen LogP contribution is 2.36. The van der Waals surface area contributed by atoms with E-state index in [2.05, 4.69) is 52.1 Å². The van der Waals surface area contributed by atoms with Crippen molar-refractivity contribution in [3.05, 3.63) is 33.3 Å². The first-order valence-corrected chi connectivity index (χ1v) is 9.44. The van der Waals surface area contributed by atoms with Gasteiger partial charge >= 0.3 is 6.18 Å². The summed E-state index contributed by atoms with van der Waals surface area (Å²) in [6.45, 7) is 2.15. The molecule has 0 radical (unpaired) electrons. The lowest BCUT2D eigenvalue weighted by atomic mass is 10.0. The molecule has 2 atom stereocenters. The topological polar surface area (TPSA) is 0 Å². The van der Waals surface area contributed by atoms with Crippen LogP contribution in [0, 0.1) is 5.92 Å². The molecule has 0 fully saturated rings. The van der Waals surface area contributed by atoms with Crippen molar-refractivity contribution < 1.29 is 13.2 Å². The molecule has 0 amide bonds. The van der Waals surface area contributed by atoms with Crippen LogP contribution in [0.2, 0.25) is 10.0 Å². The van der Waals surface area contributed by atoms with Gasteiger partial charge in [-0.25, -0.2) is 0 Å². The first-order chi connectivity index (χ1) is 9.16. The number of alkyl halides is 5. The van der Waals surface area contributed by atoms with Crippen molar-refractivity contribution in [2.75, 3.05) is 4.43 Å². The molecule has 0 aliphatic carbocycles. The predicted molar refractivity (Wildman–Crippen MR) is 95.6 cm³/mol. The third-order valence-corrected chi connectivity index (χ3v) is 6.91. The SMILES string of the molecule is CC(CI)C(I)CCc1c(Cl)cc(C(F)(F)F)cc1Cl. The molecule has 2 unspecified atom stereocenters. The van der Waals surface area contributed by atoms with Crippen molar-refractivity contribution in [3.63, 3.8) is 0 Å². The summed E-state index contributed by atoms with van der Waals surface area (Å²) in [6.07, 6.45) is -2.99. The van der Waals surface area contributed by atoms with Crippen LogP contribution in [0.1, 0.15) is 24.5 Å². The van der Waals surface area contributed by atoms with E-state index in [4.69, 9.17) is 23.2 Å². The minimum Gasteiger partial charge on any atom is -0.166 e. The summed E-state index contributed by atoms with van der Waals surface area (Å²) in [5.74, 6) is 0.545. The lowest BCUT2D eigenvalue weighted by Crippen LogP contribution is -2.13. The first-order valence-electron chi connectivity index (χ1n) is 5.92. The number of hydrogen-bond donors (Lipinski definition) is 0. The maximum absolute atomic E-state index is 12.6. The Morgan fingerprint density at radius 1 is 1.20 bits per heavy atom. The van der Waals surface area contributed by atoms with Gasteiger partial charge in [-0.1, -0.05) is 75.3 Å². The Bertz CT molecular complexity index is 440. The normalized spacial score (nSPS) is 15.2. The second-order valence-electron chi connectivity index (χ2n) is 4.60. The minimum absolute atomic E-state index is 0.0931. The predicted octanol–water partition coefficient (Wildman–Crippen LogP) is 6.82. The van der Waals surface area contributed by atoms with Gasteiger partial charge in [0.25, 0.3) is 0 Å². The van der Waals surface area contributed by atoms with Gasteiger partial charge in [0.15, 0.2) is 0 Å². The van der Waals surface area contributed by atoms with Gasteiger partial charge < -0.3 is 0 Å². The van der Waals surface area contributed by atoms with Crippen LogP contribution >= 0.6 is 68.4 Å². The molecule has 0 saturated heterocycles. The van der Waals surface area contributed by atoms with E-state index in [1.165, 1.54) is 0 Å². The molecule has 0 aromatic heterocycles. The second-order valence-corrected chi connectivity index (χ2v) is 7.90. The van der Waals surface area contributed by atoms with E-state index in [1.54, 1.807) is 0 Å². The molecular weight excluding hydrogens is 538 g/mol. The maximum Gasteiger partial charge on any atom is 0.416 e. The van der Waals surface area contributed by atoms with E-state index in [9.17, 15) is 13.2 Å². The number of benzene rings is 1. The molecule has 0 heterocycles. The summed E-state index contributed by atoms with van der Waals surface area (Å²) in [5.41, 5.74) is -0.202. The Morgan fingerprint density at radius 2 is 1.70 bits per heavy atom. The summed E-state index contributed by atoms with van der Waals surface area (Å²) in [5, 5.41) is 0.186. The number of hydrogen-bond acceptors (Lipinski definition) is 0. The van der Waals surface area contributed by atoms with Crippen LogP contribution in [-0.4, -0.2) is 8.35 Å². The standard InChI is InChI=1S/C13H13Cl2F3I2/c1-7(6-19)12(20)3-2-9-10(14)4-8(5-11(9)15)13(16,17)18/h4-5,7,12H,2-3,6H2,1H3. The molecule has 0 aliphatic heterocycles. The molecule has 20 heavy (non-hydrogen) atoms. The Hall–Kier alpha value is 1.05. The van der Waals surface area contributed by atoms with Gasteiger partial charge in [0, 0.05) is 18.4 Å². The molecule has 1 aromatic carbocycles. The van der Waals surface area contributed by atoms with E-state index < -0.39 is 11.7 Å². The Morgan fingerprint density at radius 3 is 2.10 bits per heavy atom. The molecule has 0 saturated carbocycles. The quantitative estimate of drug-likeness (QED) is 0.279. The molecule has 0 bridgehead atoms. The fourth-order valence-electron chi connectivity index (χ4n) is 1.67. The monoisotopic (exact) mass is 550 g/mol. The van der Waals surface area contributed by atoms with Gasteiger partial charge in [-0.05, 0) is 36.5 Å². The lowest BCUT2D eigenvalue weighted by molar-refractivity contribution is -0.137. The van der Waals surface area contributed by atoms with Crippen molar-refractivity contribution in [2.24, 2.45) is 5.92 Å². The fraction of sp³-hybridized carbons (Fsp3) is 0.538. The van der Waals surface area contributed by atoms with Crippen molar-refractivity contribution >= 4 is 68.4 Å².